The zero-order valence-corrected chi connectivity index (χ0v) is 12.9. The summed E-state index contributed by atoms with van der Waals surface area (Å²) in [7, 11) is 0. The van der Waals surface area contributed by atoms with E-state index in [1.54, 1.807) is 18.2 Å². The largest absolute Gasteiger partial charge is 0.522 e. The van der Waals surface area contributed by atoms with Crippen molar-refractivity contribution >= 4 is 11.5 Å². The Balaban J connectivity index is 1.93. The Morgan fingerprint density at radius 2 is 2.08 bits per heavy atom. The zero-order valence-electron chi connectivity index (χ0n) is 12.9. The topological polar surface area (TPSA) is 106 Å². The van der Waals surface area contributed by atoms with Gasteiger partial charge in [-0.15, -0.1) is 13.2 Å². The number of aromatic nitrogens is 2. The molecule has 7 nitrogen and oxygen atoms in total. The van der Waals surface area contributed by atoms with Crippen molar-refractivity contribution in [3.8, 4) is 12.1 Å². The number of nitrogens with two attached hydrogens (primary N) is 1. The second-order valence-electron chi connectivity index (χ2n) is 4.76. The maximum Gasteiger partial charge on any atom is 0.522 e. The van der Waals surface area contributed by atoms with Crippen molar-refractivity contribution in [2.75, 3.05) is 24.3 Å². The molecule has 1 aromatic carbocycles. The molecule has 0 radical (unpaired) electrons. The molecule has 25 heavy (non-hydrogen) atoms. The number of anilines is 2. The lowest BCUT2D eigenvalue weighted by molar-refractivity contribution is -0.325. The highest BCUT2D eigenvalue weighted by Gasteiger charge is 2.28. The van der Waals surface area contributed by atoms with E-state index in [-0.39, 0.29) is 24.1 Å². The van der Waals surface area contributed by atoms with Crippen LogP contribution in [0.3, 0.4) is 0 Å². The quantitative estimate of drug-likeness (QED) is 0.737. The van der Waals surface area contributed by atoms with Crippen molar-refractivity contribution < 1.29 is 22.6 Å². The van der Waals surface area contributed by atoms with Gasteiger partial charge in [0, 0.05) is 6.54 Å². The van der Waals surface area contributed by atoms with Gasteiger partial charge in [0.25, 0.3) is 0 Å². The minimum Gasteiger partial charge on any atom is -0.461 e. The molecule has 0 fully saturated rings. The van der Waals surface area contributed by atoms with Crippen molar-refractivity contribution in [2.45, 2.75) is 12.9 Å². The second kappa shape index (κ2) is 8.16. The molecule has 132 valence electrons. The highest BCUT2D eigenvalue weighted by molar-refractivity contribution is 5.60. The summed E-state index contributed by atoms with van der Waals surface area (Å²) >= 11 is 0. The van der Waals surface area contributed by atoms with Crippen molar-refractivity contribution in [2.24, 2.45) is 0 Å². The van der Waals surface area contributed by atoms with Gasteiger partial charge in [-0.2, -0.15) is 10.2 Å². The lowest BCUT2D eigenvalue weighted by Gasteiger charge is -2.11. The number of benzene rings is 1. The molecule has 3 N–H and O–H groups in total. The van der Waals surface area contributed by atoms with E-state index in [2.05, 4.69) is 20.0 Å². The van der Waals surface area contributed by atoms with Crippen LogP contribution in [0.4, 0.5) is 24.7 Å². The maximum atomic E-state index is 11.9. The van der Waals surface area contributed by atoms with Gasteiger partial charge >= 0.3 is 12.4 Å². The predicted octanol–water partition coefficient (Wildman–Crippen LogP) is 2.46. The van der Waals surface area contributed by atoms with Gasteiger partial charge in [0.05, 0.1) is 30.1 Å². The van der Waals surface area contributed by atoms with Crippen molar-refractivity contribution in [1.82, 2.24) is 9.97 Å². The standard InChI is InChI=1S/C15H14F3N5O2/c16-15(17,18)25-5-4-24-14-22-9-12(20)13(23-14)21-8-11-3-1-2-10(6-11)7-19/h1-3,6,9H,4-5,8,20H2,(H,21,22,23). The van der Waals surface area contributed by atoms with E-state index in [0.717, 1.165) is 5.56 Å². The van der Waals surface area contributed by atoms with Gasteiger partial charge in [-0.3, -0.25) is 4.74 Å². The average molecular weight is 353 g/mol. The number of hydrogen-bond acceptors (Lipinski definition) is 7. The molecule has 2 rings (SSSR count). The average Bonchev–Trinajstić information content (AvgIpc) is 2.58. The summed E-state index contributed by atoms with van der Waals surface area (Å²) in [6.45, 7) is -0.707. The number of ether oxygens (including phenoxy) is 2. The number of nitriles is 1. The fourth-order valence-electron chi connectivity index (χ4n) is 1.81. The first-order valence-electron chi connectivity index (χ1n) is 7.06. The molecule has 0 saturated carbocycles. The van der Waals surface area contributed by atoms with Crippen LogP contribution in [0.5, 0.6) is 6.01 Å². The van der Waals surface area contributed by atoms with Gasteiger partial charge in [0.1, 0.15) is 6.61 Å². The van der Waals surface area contributed by atoms with Crippen LogP contribution in [-0.2, 0) is 11.3 Å². The Labute approximate surface area is 141 Å². The summed E-state index contributed by atoms with van der Waals surface area (Å²) in [5, 5.41) is 11.8. The Hall–Kier alpha value is -3.06. The molecule has 0 amide bonds. The van der Waals surface area contributed by atoms with E-state index in [1.807, 2.05) is 12.1 Å². The van der Waals surface area contributed by atoms with Crippen LogP contribution in [0.1, 0.15) is 11.1 Å². The zero-order chi connectivity index (χ0) is 18.3. The number of alkyl halides is 3. The summed E-state index contributed by atoms with van der Waals surface area (Å²) < 4.78 is 44.2. The summed E-state index contributed by atoms with van der Waals surface area (Å²) in [5.41, 5.74) is 7.35. The molecule has 0 aliphatic rings. The van der Waals surface area contributed by atoms with E-state index in [0.29, 0.717) is 12.1 Å². The van der Waals surface area contributed by atoms with Gasteiger partial charge < -0.3 is 15.8 Å². The lowest BCUT2D eigenvalue weighted by atomic mass is 10.1. The molecule has 0 spiro atoms. The van der Waals surface area contributed by atoms with E-state index in [4.69, 9.17) is 15.7 Å². The van der Waals surface area contributed by atoms with Crippen molar-refractivity contribution in [3.05, 3.63) is 41.6 Å². The van der Waals surface area contributed by atoms with Crippen molar-refractivity contribution in [1.29, 1.82) is 5.26 Å². The Morgan fingerprint density at radius 3 is 2.80 bits per heavy atom. The van der Waals surface area contributed by atoms with E-state index in [9.17, 15) is 13.2 Å². The van der Waals surface area contributed by atoms with Gasteiger partial charge in [0.15, 0.2) is 5.82 Å². The maximum absolute atomic E-state index is 11.9. The minimum atomic E-state index is -4.71. The van der Waals surface area contributed by atoms with Crippen LogP contribution >= 0.6 is 0 Å². The Bertz CT molecular complexity index is 762. The van der Waals surface area contributed by atoms with E-state index < -0.39 is 13.0 Å². The van der Waals surface area contributed by atoms with Gasteiger partial charge in [0.2, 0.25) is 0 Å². The molecule has 2 aromatic rings. The molecule has 1 heterocycles. The van der Waals surface area contributed by atoms with Crippen LogP contribution in [-0.4, -0.2) is 29.5 Å². The number of hydrogen-bond donors (Lipinski definition) is 2. The van der Waals surface area contributed by atoms with Crippen LogP contribution < -0.4 is 15.8 Å². The molecule has 0 bridgehead atoms. The molecular formula is C15H14F3N5O2. The summed E-state index contributed by atoms with van der Waals surface area (Å²) in [6.07, 6.45) is -3.43. The number of nitrogens with one attached hydrogen (secondary N) is 1. The first kappa shape index (κ1) is 18.3. The third-order valence-corrected chi connectivity index (χ3v) is 2.89. The number of nitrogens with zero attached hydrogens (tertiary/aromatic N) is 3. The predicted molar refractivity (Wildman–Crippen MR) is 82.4 cm³/mol. The SMILES string of the molecule is N#Cc1cccc(CNc2nc(OCCOC(F)(F)F)ncc2N)c1. The fourth-order valence-corrected chi connectivity index (χ4v) is 1.81. The molecule has 0 aliphatic heterocycles. The second-order valence-corrected chi connectivity index (χ2v) is 4.76. The Kier molecular flexibility index (Phi) is 5.97. The third kappa shape index (κ3) is 6.15. The normalized spacial score (nSPS) is 11.0. The van der Waals surface area contributed by atoms with Crippen LogP contribution in [0.2, 0.25) is 0 Å². The number of rotatable bonds is 7. The summed E-state index contributed by atoms with van der Waals surface area (Å²) in [5.74, 6) is 0.268. The lowest BCUT2D eigenvalue weighted by Crippen LogP contribution is -2.18. The molecule has 0 unspecified atom stereocenters. The number of nitrogen functional groups attached to an aromatic ring is 1. The van der Waals surface area contributed by atoms with E-state index in [1.165, 1.54) is 6.20 Å². The fraction of sp³-hybridized carbons (Fsp3) is 0.267. The molecule has 10 heteroatoms. The van der Waals surface area contributed by atoms with Crippen LogP contribution in [0.15, 0.2) is 30.5 Å². The first-order valence-corrected chi connectivity index (χ1v) is 7.06. The summed E-state index contributed by atoms with van der Waals surface area (Å²) in [6, 6.07) is 8.85. The first-order chi connectivity index (χ1) is 11.9. The van der Waals surface area contributed by atoms with Crippen LogP contribution in [0, 0.1) is 11.3 Å². The van der Waals surface area contributed by atoms with Gasteiger partial charge in [-0.05, 0) is 17.7 Å². The molecule has 0 aliphatic carbocycles. The number of halogens is 3. The Morgan fingerprint density at radius 1 is 1.28 bits per heavy atom. The van der Waals surface area contributed by atoms with Crippen molar-refractivity contribution in [3.63, 3.8) is 0 Å². The van der Waals surface area contributed by atoms with Gasteiger partial charge in [-0.1, -0.05) is 12.1 Å². The minimum absolute atomic E-state index is 0.131. The molecule has 1 aromatic heterocycles. The van der Waals surface area contributed by atoms with E-state index >= 15 is 0 Å². The third-order valence-electron chi connectivity index (χ3n) is 2.89. The smallest absolute Gasteiger partial charge is 0.461 e. The highest BCUT2D eigenvalue weighted by atomic mass is 19.4. The molecular weight excluding hydrogens is 339 g/mol. The van der Waals surface area contributed by atoms with Gasteiger partial charge in [-0.25, -0.2) is 4.98 Å². The highest BCUT2D eigenvalue weighted by Crippen LogP contribution is 2.19. The summed E-state index contributed by atoms with van der Waals surface area (Å²) in [4.78, 5) is 7.77. The monoisotopic (exact) mass is 353 g/mol. The van der Waals surface area contributed by atoms with Crippen LogP contribution in [0.25, 0.3) is 0 Å². The molecule has 0 atom stereocenters. The molecule has 0 saturated heterocycles.